The van der Waals surface area contributed by atoms with Crippen LogP contribution in [-0.4, -0.2) is 34.9 Å². The van der Waals surface area contributed by atoms with E-state index in [0.717, 1.165) is 24.6 Å². The largest absolute Gasteiger partial charge is 0.406 e. The molecular weight excluding hydrogens is 280 g/mol. The van der Waals surface area contributed by atoms with Gasteiger partial charge in [-0.1, -0.05) is 20.8 Å². The number of aromatic nitrogens is 2. The highest BCUT2D eigenvalue weighted by Crippen LogP contribution is 2.25. The maximum atomic E-state index is 11.9. The maximum absolute atomic E-state index is 11.9. The average molecular weight is 300 g/mol. The number of rotatable bonds is 2. The predicted molar refractivity (Wildman–Crippen MR) is 84.4 cm³/mol. The van der Waals surface area contributed by atoms with Crippen LogP contribution < -0.4 is 4.90 Å². The minimum absolute atomic E-state index is 0.290. The molecule has 22 heavy (non-hydrogen) atoms. The van der Waals surface area contributed by atoms with Crippen molar-refractivity contribution in [3.8, 4) is 0 Å². The zero-order valence-electron chi connectivity index (χ0n) is 13.2. The number of esters is 1. The zero-order valence-corrected chi connectivity index (χ0v) is 13.2. The number of carbonyl (C=O) groups excluding carboxylic acids is 1. The number of carbonyl (C=O) groups is 1. The molecule has 0 bridgehead atoms. The normalized spacial score (nSPS) is 20.5. The topological polar surface area (TPSA) is 67.7 Å². The number of aliphatic imine (C=N–C) groups is 1. The lowest BCUT2D eigenvalue weighted by Gasteiger charge is -2.15. The fraction of sp³-hybridized carbons (Fsp3) is 0.500. The van der Waals surface area contributed by atoms with Gasteiger partial charge in [-0.05, 0) is 18.9 Å². The van der Waals surface area contributed by atoms with Gasteiger partial charge in [0.1, 0.15) is 0 Å². The first-order chi connectivity index (χ1) is 10.4. The molecule has 3 heterocycles. The van der Waals surface area contributed by atoms with Crippen molar-refractivity contribution in [2.24, 2.45) is 10.4 Å². The van der Waals surface area contributed by atoms with E-state index < -0.39 is 5.97 Å². The molecular formula is C16H20N4O2. The van der Waals surface area contributed by atoms with Crippen LogP contribution in [0.4, 0.5) is 5.95 Å². The second-order valence-corrected chi connectivity index (χ2v) is 6.60. The number of hydrogen-bond donors (Lipinski definition) is 0. The Labute approximate surface area is 129 Å². The van der Waals surface area contributed by atoms with E-state index in [-0.39, 0.29) is 5.41 Å². The molecule has 2 aliphatic rings. The zero-order chi connectivity index (χ0) is 15.7. The number of anilines is 1. The van der Waals surface area contributed by atoms with Gasteiger partial charge >= 0.3 is 5.97 Å². The third kappa shape index (κ3) is 3.00. The molecule has 116 valence electrons. The van der Waals surface area contributed by atoms with Gasteiger partial charge in [-0.25, -0.2) is 19.8 Å². The highest BCUT2D eigenvalue weighted by Gasteiger charge is 2.31. The summed E-state index contributed by atoms with van der Waals surface area (Å²) in [6.45, 7) is 7.88. The van der Waals surface area contributed by atoms with Crippen LogP contribution >= 0.6 is 0 Å². The molecule has 6 nitrogen and oxygen atoms in total. The molecule has 1 fully saturated rings. The summed E-state index contributed by atoms with van der Waals surface area (Å²) in [6, 6.07) is 0. The number of ether oxygens (including phenoxy) is 1. The third-order valence-electron chi connectivity index (χ3n) is 3.61. The number of nitrogens with zero attached hydrogens (tertiary/aromatic N) is 4. The van der Waals surface area contributed by atoms with Crippen molar-refractivity contribution in [1.82, 2.24) is 9.97 Å². The quantitative estimate of drug-likeness (QED) is 0.620. The molecule has 0 saturated carbocycles. The van der Waals surface area contributed by atoms with Gasteiger partial charge < -0.3 is 9.64 Å². The van der Waals surface area contributed by atoms with E-state index in [9.17, 15) is 4.79 Å². The summed E-state index contributed by atoms with van der Waals surface area (Å²) < 4.78 is 5.21. The number of cyclic esters (lactones) is 1. The molecule has 0 N–H and O–H groups in total. The third-order valence-corrected chi connectivity index (χ3v) is 3.61. The summed E-state index contributed by atoms with van der Waals surface area (Å²) in [5, 5.41) is 0. The standard InChI is InChI=1S/C16H20N4O2/c1-16(2,3)14-19-12(13(21)22-14)8-11-9-17-15(18-10-11)20-6-4-5-7-20/h8-10H,4-7H2,1-3H3. The van der Waals surface area contributed by atoms with Gasteiger partial charge in [0.2, 0.25) is 11.8 Å². The molecule has 0 aliphatic carbocycles. The molecule has 0 unspecified atom stereocenters. The second-order valence-electron chi connectivity index (χ2n) is 6.60. The minimum atomic E-state index is -0.423. The van der Waals surface area contributed by atoms with Crippen molar-refractivity contribution < 1.29 is 9.53 Å². The number of hydrogen-bond acceptors (Lipinski definition) is 6. The van der Waals surface area contributed by atoms with Crippen molar-refractivity contribution in [3.63, 3.8) is 0 Å². The second kappa shape index (κ2) is 5.51. The Kier molecular flexibility index (Phi) is 3.68. The highest BCUT2D eigenvalue weighted by molar-refractivity contribution is 6.08. The van der Waals surface area contributed by atoms with Crippen LogP contribution in [-0.2, 0) is 9.53 Å². The molecule has 2 aliphatic heterocycles. The first-order valence-electron chi connectivity index (χ1n) is 7.53. The first-order valence-corrected chi connectivity index (χ1v) is 7.53. The lowest BCUT2D eigenvalue weighted by molar-refractivity contribution is -0.130. The summed E-state index contributed by atoms with van der Waals surface area (Å²) >= 11 is 0. The Balaban J connectivity index is 1.80. The van der Waals surface area contributed by atoms with Crippen LogP contribution in [0.5, 0.6) is 0 Å². The molecule has 3 rings (SSSR count). The van der Waals surface area contributed by atoms with Gasteiger partial charge in [0.15, 0.2) is 5.70 Å². The molecule has 1 aromatic rings. The van der Waals surface area contributed by atoms with Gasteiger partial charge in [0.05, 0.1) is 0 Å². The van der Waals surface area contributed by atoms with Gasteiger partial charge in [0.25, 0.3) is 0 Å². The van der Waals surface area contributed by atoms with E-state index in [1.165, 1.54) is 12.8 Å². The Bertz CT molecular complexity index is 635. The smallest absolute Gasteiger partial charge is 0.363 e. The van der Waals surface area contributed by atoms with Crippen LogP contribution in [0.2, 0.25) is 0 Å². The summed E-state index contributed by atoms with van der Waals surface area (Å²) in [7, 11) is 0. The maximum Gasteiger partial charge on any atom is 0.363 e. The van der Waals surface area contributed by atoms with E-state index in [1.54, 1.807) is 18.5 Å². The molecule has 0 aromatic carbocycles. The van der Waals surface area contributed by atoms with E-state index in [4.69, 9.17) is 4.74 Å². The predicted octanol–water partition coefficient (Wildman–Crippen LogP) is 2.42. The van der Waals surface area contributed by atoms with Crippen LogP contribution in [0.25, 0.3) is 6.08 Å². The van der Waals surface area contributed by atoms with E-state index in [1.807, 2.05) is 20.8 Å². The van der Waals surface area contributed by atoms with Crippen molar-refractivity contribution in [3.05, 3.63) is 23.7 Å². The molecule has 0 atom stereocenters. The Morgan fingerprint density at radius 1 is 1.18 bits per heavy atom. The van der Waals surface area contributed by atoms with Crippen LogP contribution in [0.1, 0.15) is 39.2 Å². The van der Waals surface area contributed by atoms with Gasteiger partial charge in [-0.3, -0.25) is 0 Å². The van der Waals surface area contributed by atoms with Crippen molar-refractivity contribution >= 4 is 23.9 Å². The van der Waals surface area contributed by atoms with E-state index in [2.05, 4.69) is 19.9 Å². The minimum Gasteiger partial charge on any atom is -0.406 e. The van der Waals surface area contributed by atoms with Crippen LogP contribution in [0, 0.1) is 5.41 Å². The van der Waals surface area contributed by atoms with E-state index >= 15 is 0 Å². The van der Waals surface area contributed by atoms with Crippen LogP contribution in [0.15, 0.2) is 23.1 Å². The lowest BCUT2D eigenvalue weighted by Crippen LogP contribution is -2.21. The average Bonchev–Trinajstić information content (AvgIpc) is 3.10. The summed E-state index contributed by atoms with van der Waals surface area (Å²) in [6.07, 6.45) is 7.46. The summed E-state index contributed by atoms with van der Waals surface area (Å²) in [5.41, 5.74) is 0.748. The molecule has 0 radical (unpaired) electrons. The van der Waals surface area contributed by atoms with Gasteiger partial charge in [0, 0.05) is 36.5 Å². The molecule has 6 heteroatoms. The van der Waals surface area contributed by atoms with E-state index in [0.29, 0.717) is 11.6 Å². The monoisotopic (exact) mass is 300 g/mol. The summed E-state index contributed by atoms with van der Waals surface area (Å²) in [5.74, 6) is 0.763. The van der Waals surface area contributed by atoms with Gasteiger partial charge in [-0.15, -0.1) is 0 Å². The molecule has 0 amide bonds. The van der Waals surface area contributed by atoms with Crippen molar-refractivity contribution in [2.45, 2.75) is 33.6 Å². The van der Waals surface area contributed by atoms with Gasteiger partial charge in [-0.2, -0.15) is 0 Å². The fourth-order valence-corrected chi connectivity index (χ4v) is 2.37. The van der Waals surface area contributed by atoms with Crippen molar-refractivity contribution in [2.75, 3.05) is 18.0 Å². The molecule has 0 spiro atoms. The first kappa shape index (κ1) is 14.7. The van der Waals surface area contributed by atoms with Crippen molar-refractivity contribution in [1.29, 1.82) is 0 Å². The lowest BCUT2D eigenvalue weighted by atomic mass is 9.97. The highest BCUT2D eigenvalue weighted by atomic mass is 16.6. The molecule has 1 saturated heterocycles. The Morgan fingerprint density at radius 3 is 2.36 bits per heavy atom. The molecule has 1 aromatic heterocycles. The van der Waals surface area contributed by atoms with Crippen LogP contribution in [0.3, 0.4) is 0 Å². The fourth-order valence-electron chi connectivity index (χ4n) is 2.37. The summed E-state index contributed by atoms with van der Waals surface area (Å²) in [4.78, 5) is 27.0. The SMILES string of the molecule is CC(C)(C)C1=NC(=Cc2cnc(N3CCCC3)nc2)C(=O)O1. The Morgan fingerprint density at radius 2 is 1.82 bits per heavy atom. The Hall–Kier alpha value is -2.24.